The van der Waals surface area contributed by atoms with Crippen molar-refractivity contribution in [3.63, 3.8) is 0 Å². The second kappa shape index (κ2) is 6.39. The van der Waals surface area contributed by atoms with Crippen LogP contribution in [0.2, 0.25) is 4.47 Å². The molecule has 4 rings (SSSR count). The van der Waals surface area contributed by atoms with Gasteiger partial charge in [0.2, 0.25) is 4.47 Å². The second-order valence-electron chi connectivity index (χ2n) is 5.81. The van der Waals surface area contributed by atoms with Crippen molar-refractivity contribution in [3.05, 3.63) is 34.3 Å². The average molecular weight is 367 g/mol. The molecule has 0 spiro atoms. The van der Waals surface area contributed by atoms with Gasteiger partial charge in [-0.15, -0.1) is 10.2 Å². The summed E-state index contributed by atoms with van der Waals surface area (Å²) in [5, 5.41) is 14.4. The molecule has 0 radical (unpaired) electrons. The molecule has 2 aliphatic heterocycles. The van der Waals surface area contributed by atoms with E-state index in [2.05, 4.69) is 20.8 Å². The highest BCUT2D eigenvalue weighted by atomic mass is 35.5. The van der Waals surface area contributed by atoms with Crippen molar-refractivity contribution in [3.8, 4) is 0 Å². The molecule has 2 aliphatic rings. The zero-order chi connectivity index (χ0) is 15.8. The SMILES string of the molecule is O=C(N[C@@H]1C[C@H]2CC[C@@H]1N2)c1ccc(Sc2nnc(Cl)s2)cc1. The largest absolute Gasteiger partial charge is 0.348 e. The van der Waals surface area contributed by atoms with Crippen LogP contribution in [0.4, 0.5) is 0 Å². The Morgan fingerprint density at radius 2 is 2.13 bits per heavy atom. The fraction of sp³-hybridized carbons (Fsp3) is 0.400. The predicted octanol–water partition coefficient (Wildman–Crippen LogP) is 2.97. The van der Waals surface area contributed by atoms with Gasteiger partial charge in [-0.2, -0.15) is 0 Å². The molecule has 1 amide bonds. The summed E-state index contributed by atoms with van der Waals surface area (Å²) >= 11 is 8.61. The number of hydrogen-bond donors (Lipinski definition) is 2. The van der Waals surface area contributed by atoms with Gasteiger partial charge in [0, 0.05) is 28.6 Å². The number of hydrogen-bond acceptors (Lipinski definition) is 6. The van der Waals surface area contributed by atoms with Gasteiger partial charge in [-0.25, -0.2) is 0 Å². The molecule has 0 unspecified atom stereocenters. The highest BCUT2D eigenvalue weighted by Gasteiger charge is 2.39. The van der Waals surface area contributed by atoms with Crippen LogP contribution in [-0.2, 0) is 0 Å². The Morgan fingerprint density at radius 3 is 2.74 bits per heavy atom. The van der Waals surface area contributed by atoms with Crippen LogP contribution in [-0.4, -0.2) is 34.2 Å². The summed E-state index contributed by atoms with van der Waals surface area (Å²) in [5.41, 5.74) is 0.687. The Bertz CT molecular complexity index is 721. The molecule has 2 saturated heterocycles. The van der Waals surface area contributed by atoms with Crippen LogP contribution in [0.3, 0.4) is 0 Å². The van der Waals surface area contributed by atoms with E-state index in [0.29, 0.717) is 22.1 Å². The Balaban J connectivity index is 1.38. The van der Waals surface area contributed by atoms with E-state index < -0.39 is 0 Å². The molecule has 1 aromatic carbocycles. The maximum atomic E-state index is 12.4. The molecule has 8 heteroatoms. The quantitative estimate of drug-likeness (QED) is 0.870. The maximum Gasteiger partial charge on any atom is 0.251 e. The Morgan fingerprint density at radius 1 is 1.30 bits per heavy atom. The van der Waals surface area contributed by atoms with Crippen molar-refractivity contribution in [1.82, 2.24) is 20.8 Å². The zero-order valence-electron chi connectivity index (χ0n) is 12.2. The average Bonchev–Trinajstić information content (AvgIpc) is 3.25. The zero-order valence-corrected chi connectivity index (χ0v) is 14.5. The van der Waals surface area contributed by atoms with Gasteiger partial charge >= 0.3 is 0 Å². The number of nitrogens with one attached hydrogen (secondary N) is 2. The molecule has 3 heterocycles. The van der Waals surface area contributed by atoms with Crippen molar-refractivity contribution in [2.45, 2.75) is 46.6 Å². The van der Waals surface area contributed by atoms with Crippen molar-refractivity contribution >= 4 is 40.6 Å². The molecular weight excluding hydrogens is 352 g/mol. The Kier molecular flexibility index (Phi) is 4.27. The van der Waals surface area contributed by atoms with Gasteiger partial charge < -0.3 is 10.6 Å². The van der Waals surface area contributed by atoms with E-state index in [-0.39, 0.29) is 11.9 Å². The van der Waals surface area contributed by atoms with Crippen LogP contribution < -0.4 is 10.6 Å². The standard InChI is InChI=1S/C15H15ClN4OS2/c16-14-19-20-15(23-14)22-10-4-1-8(2-5-10)13(21)18-12-7-9-3-6-11(12)17-9/h1-2,4-5,9,11-12,17H,3,6-7H2,(H,18,21)/t9-,11+,12-/m1/s1. The Labute approximate surface area is 147 Å². The number of aromatic nitrogens is 2. The van der Waals surface area contributed by atoms with E-state index in [1.807, 2.05) is 24.3 Å². The monoisotopic (exact) mass is 366 g/mol. The lowest BCUT2D eigenvalue weighted by molar-refractivity contribution is 0.0931. The van der Waals surface area contributed by atoms with Gasteiger partial charge in [0.05, 0.1) is 0 Å². The Hall–Kier alpha value is -1.15. The summed E-state index contributed by atoms with van der Waals surface area (Å²) in [6.07, 6.45) is 3.44. The number of carbonyl (C=O) groups is 1. The molecule has 2 fully saturated rings. The van der Waals surface area contributed by atoms with Crippen molar-refractivity contribution in [2.24, 2.45) is 0 Å². The summed E-state index contributed by atoms with van der Waals surface area (Å²) in [4.78, 5) is 13.4. The normalized spacial score (nSPS) is 25.7. The van der Waals surface area contributed by atoms with Crippen molar-refractivity contribution < 1.29 is 4.79 Å². The van der Waals surface area contributed by atoms with E-state index in [9.17, 15) is 4.79 Å². The molecule has 0 saturated carbocycles. The minimum atomic E-state index is -0.000130. The lowest BCUT2D eigenvalue weighted by Crippen LogP contribution is -2.42. The molecule has 0 aliphatic carbocycles. The van der Waals surface area contributed by atoms with Gasteiger partial charge in [-0.3, -0.25) is 4.79 Å². The van der Waals surface area contributed by atoms with Crippen LogP contribution in [0.25, 0.3) is 0 Å². The van der Waals surface area contributed by atoms with Crippen LogP contribution >= 0.6 is 34.7 Å². The van der Waals surface area contributed by atoms with Gasteiger partial charge in [0.15, 0.2) is 4.34 Å². The lowest BCUT2D eigenvalue weighted by Gasteiger charge is -2.21. The fourth-order valence-corrected chi connectivity index (χ4v) is 5.19. The smallest absolute Gasteiger partial charge is 0.251 e. The molecule has 3 atom stereocenters. The molecular formula is C15H15ClN4OS2. The van der Waals surface area contributed by atoms with E-state index in [1.165, 1.54) is 29.5 Å². The molecule has 120 valence electrons. The van der Waals surface area contributed by atoms with Gasteiger partial charge in [0.1, 0.15) is 0 Å². The summed E-state index contributed by atoms with van der Waals surface area (Å²) < 4.78 is 1.23. The van der Waals surface area contributed by atoms with Gasteiger partial charge in [-0.05, 0) is 55.1 Å². The number of nitrogens with zero attached hydrogens (tertiary/aromatic N) is 2. The highest BCUT2D eigenvalue weighted by Crippen LogP contribution is 2.32. The minimum Gasteiger partial charge on any atom is -0.348 e. The first-order valence-electron chi connectivity index (χ1n) is 7.51. The van der Waals surface area contributed by atoms with E-state index >= 15 is 0 Å². The molecule has 23 heavy (non-hydrogen) atoms. The van der Waals surface area contributed by atoms with Crippen LogP contribution in [0.5, 0.6) is 0 Å². The summed E-state index contributed by atoms with van der Waals surface area (Å²) in [6.45, 7) is 0. The fourth-order valence-electron chi connectivity index (χ4n) is 3.24. The maximum absolute atomic E-state index is 12.4. The summed E-state index contributed by atoms with van der Waals surface area (Å²) in [5.74, 6) is -0.000130. The minimum absolute atomic E-state index is 0.000130. The number of halogens is 1. The van der Waals surface area contributed by atoms with Crippen LogP contribution in [0, 0.1) is 0 Å². The first kappa shape index (κ1) is 15.4. The number of carbonyl (C=O) groups excluding carboxylic acids is 1. The molecule has 1 aromatic heterocycles. The summed E-state index contributed by atoms with van der Waals surface area (Å²) in [7, 11) is 0. The van der Waals surface area contributed by atoms with Crippen LogP contribution in [0.15, 0.2) is 33.5 Å². The first-order valence-corrected chi connectivity index (χ1v) is 9.52. The number of amides is 1. The number of fused-ring (bicyclic) bond motifs is 2. The second-order valence-corrected chi connectivity index (χ2v) is 8.69. The third-order valence-electron chi connectivity index (χ3n) is 4.32. The topological polar surface area (TPSA) is 66.9 Å². The first-order chi connectivity index (χ1) is 11.2. The van der Waals surface area contributed by atoms with Gasteiger partial charge in [-0.1, -0.05) is 23.1 Å². The molecule has 5 nitrogen and oxygen atoms in total. The molecule has 2 bridgehead atoms. The van der Waals surface area contributed by atoms with E-state index in [0.717, 1.165) is 22.1 Å². The number of benzene rings is 1. The molecule has 2 aromatic rings. The number of rotatable bonds is 4. The third-order valence-corrected chi connectivity index (χ3v) is 6.40. The lowest BCUT2D eigenvalue weighted by atomic mass is 9.95. The van der Waals surface area contributed by atoms with E-state index in [1.54, 1.807) is 0 Å². The third kappa shape index (κ3) is 3.38. The summed E-state index contributed by atoms with van der Waals surface area (Å²) in [6, 6.07) is 8.84. The van der Waals surface area contributed by atoms with E-state index in [4.69, 9.17) is 11.6 Å². The molecule has 2 N–H and O–H groups in total. The van der Waals surface area contributed by atoms with Crippen LogP contribution in [0.1, 0.15) is 29.6 Å². The van der Waals surface area contributed by atoms with Crippen molar-refractivity contribution in [2.75, 3.05) is 0 Å². The van der Waals surface area contributed by atoms with Gasteiger partial charge in [0.25, 0.3) is 5.91 Å². The highest BCUT2D eigenvalue weighted by molar-refractivity contribution is 8.01. The van der Waals surface area contributed by atoms with Crippen molar-refractivity contribution in [1.29, 1.82) is 0 Å². The predicted molar refractivity (Wildman–Crippen MR) is 91.3 cm³/mol.